The van der Waals surface area contributed by atoms with Crippen molar-refractivity contribution in [3.63, 3.8) is 0 Å². The van der Waals surface area contributed by atoms with Crippen molar-refractivity contribution in [3.05, 3.63) is 58.9 Å². The maximum atomic E-state index is 12.8. The smallest absolute Gasteiger partial charge is 0.244 e. The van der Waals surface area contributed by atoms with Gasteiger partial charge in [-0.3, -0.25) is 4.79 Å². The lowest BCUT2D eigenvalue weighted by molar-refractivity contribution is -0.118. The number of aromatic hydroxyl groups is 1. The average Bonchev–Trinajstić information content (AvgIpc) is 2.41. The molecule has 0 aliphatic carbocycles. The maximum Gasteiger partial charge on any atom is 0.244 e. The number of benzene rings is 2. The number of nitrogens with one attached hydrogen (secondary N) is 1. The van der Waals surface area contributed by atoms with Gasteiger partial charge in [-0.25, -0.2) is 4.39 Å². The van der Waals surface area contributed by atoms with Crippen LogP contribution in [0, 0.1) is 5.82 Å². The summed E-state index contributed by atoms with van der Waals surface area (Å²) in [5.41, 5.74) is 6.40. The van der Waals surface area contributed by atoms with Gasteiger partial charge < -0.3 is 16.2 Å². The van der Waals surface area contributed by atoms with Crippen LogP contribution in [0.25, 0.3) is 0 Å². The monoisotopic (exact) mass is 294 g/mol. The van der Waals surface area contributed by atoms with E-state index < -0.39 is 11.9 Å². The molecule has 0 fully saturated rings. The number of nitrogens with two attached hydrogens (primary N) is 1. The summed E-state index contributed by atoms with van der Waals surface area (Å²) in [5, 5.41) is 12.4. The Kier molecular flexibility index (Phi) is 4.10. The van der Waals surface area contributed by atoms with Gasteiger partial charge in [-0.05, 0) is 42.0 Å². The zero-order chi connectivity index (χ0) is 14.7. The molecule has 0 saturated heterocycles. The summed E-state index contributed by atoms with van der Waals surface area (Å²) in [6.45, 7) is 0. The van der Waals surface area contributed by atoms with Gasteiger partial charge in [0, 0.05) is 5.69 Å². The molecule has 4 nitrogen and oxygen atoms in total. The first-order valence-corrected chi connectivity index (χ1v) is 6.15. The number of primary amides is 1. The molecule has 2 aromatic carbocycles. The van der Waals surface area contributed by atoms with Gasteiger partial charge >= 0.3 is 0 Å². The molecule has 0 spiro atoms. The third-order valence-electron chi connectivity index (χ3n) is 2.74. The number of rotatable bonds is 4. The van der Waals surface area contributed by atoms with Crippen molar-refractivity contribution < 1.29 is 14.3 Å². The summed E-state index contributed by atoms with van der Waals surface area (Å²) in [6, 6.07) is 9.05. The van der Waals surface area contributed by atoms with Crippen LogP contribution in [0.2, 0.25) is 5.02 Å². The van der Waals surface area contributed by atoms with Crippen molar-refractivity contribution in [3.8, 4) is 5.75 Å². The molecule has 2 aromatic rings. The van der Waals surface area contributed by atoms with Crippen molar-refractivity contribution in [2.45, 2.75) is 6.04 Å². The molecule has 0 saturated carbocycles. The van der Waals surface area contributed by atoms with Crippen molar-refractivity contribution in [2.75, 3.05) is 5.32 Å². The van der Waals surface area contributed by atoms with Gasteiger partial charge in [0.2, 0.25) is 5.91 Å². The van der Waals surface area contributed by atoms with Gasteiger partial charge in [-0.1, -0.05) is 17.7 Å². The van der Waals surface area contributed by atoms with Crippen molar-refractivity contribution >= 4 is 23.2 Å². The first-order valence-electron chi connectivity index (χ1n) is 5.77. The van der Waals surface area contributed by atoms with Crippen LogP contribution in [0.5, 0.6) is 5.75 Å². The Labute approximate surface area is 120 Å². The Hall–Kier alpha value is -2.27. The van der Waals surface area contributed by atoms with Gasteiger partial charge in [0.1, 0.15) is 17.6 Å². The van der Waals surface area contributed by atoms with Gasteiger partial charge in [-0.15, -0.1) is 0 Å². The number of halogens is 2. The number of phenols is 1. The molecule has 0 bridgehead atoms. The molecule has 0 aliphatic heterocycles. The van der Waals surface area contributed by atoms with Crippen LogP contribution in [-0.4, -0.2) is 11.0 Å². The molecule has 0 radical (unpaired) electrons. The zero-order valence-electron chi connectivity index (χ0n) is 10.3. The Morgan fingerprint density at radius 3 is 2.45 bits per heavy atom. The fourth-order valence-corrected chi connectivity index (χ4v) is 1.92. The van der Waals surface area contributed by atoms with Gasteiger partial charge in [-0.2, -0.15) is 0 Å². The van der Waals surface area contributed by atoms with E-state index in [0.29, 0.717) is 11.3 Å². The predicted octanol–water partition coefficient (Wildman–Crippen LogP) is 2.82. The molecule has 0 aliphatic rings. The Morgan fingerprint density at radius 2 is 1.90 bits per heavy atom. The minimum absolute atomic E-state index is 0.0829. The summed E-state index contributed by atoms with van der Waals surface area (Å²) in [7, 11) is 0. The fourth-order valence-electron chi connectivity index (χ4n) is 1.73. The third kappa shape index (κ3) is 3.19. The van der Waals surface area contributed by atoms with Crippen LogP contribution in [0.1, 0.15) is 11.6 Å². The summed E-state index contributed by atoms with van der Waals surface area (Å²) < 4.78 is 12.8. The topological polar surface area (TPSA) is 75.4 Å². The minimum atomic E-state index is -0.835. The van der Waals surface area contributed by atoms with Crippen molar-refractivity contribution in [2.24, 2.45) is 5.73 Å². The molecule has 20 heavy (non-hydrogen) atoms. The fraction of sp³-hybridized carbons (Fsp3) is 0.0714. The number of carbonyl (C=O) groups excluding carboxylic acids is 1. The second-order valence-corrected chi connectivity index (χ2v) is 4.60. The molecular weight excluding hydrogens is 283 g/mol. The minimum Gasteiger partial charge on any atom is -0.506 e. The summed E-state index contributed by atoms with van der Waals surface area (Å²) >= 11 is 5.81. The molecule has 4 N–H and O–H groups in total. The Balaban J connectivity index is 2.29. The molecular formula is C14H12ClFN2O2. The highest BCUT2D eigenvalue weighted by Gasteiger charge is 2.18. The van der Waals surface area contributed by atoms with E-state index in [0.717, 1.165) is 0 Å². The second-order valence-electron chi connectivity index (χ2n) is 4.20. The highest BCUT2D eigenvalue weighted by atomic mass is 35.5. The zero-order valence-corrected chi connectivity index (χ0v) is 11.1. The lowest BCUT2D eigenvalue weighted by Gasteiger charge is -2.17. The SMILES string of the molecule is NC(=O)C(Nc1ccc(F)cc1)c1ccc(O)c(Cl)c1. The van der Waals surface area contributed by atoms with E-state index in [1.807, 2.05) is 0 Å². The number of anilines is 1. The quantitative estimate of drug-likeness (QED) is 0.811. The Morgan fingerprint density at radius 1 is 1.25 bits per heavy atom. The number of amides is 1. The average molecular weight is 295 g/mol. The van der Waals surface area contributed by atoms with Crippen LogP contribution >= 0.6 is 11.6 Å². The van der Waals surface area contributed by atoms with E-state index in [-0.39, 0.29) is 16.6 Å². The maximum absolute atomic E-state index is 12.8. The van der Waals surface area contributed by atoms with Crippen LogP contribution in [0.3, 0.4) is 0 Å². The number of phenolic OH excluding ortho intramolecular Hbond substituents is 1. The summed E-state index contributed by atoms with van der Waals surface area (Å²) in [5.74, 6) is -1.07. The largest absolute Gasteiger partial charge is 0.506 e. The van der Waals surface area contributed by atoms with E-state index in [1.165, 1.54) is 42.5 Å². The first-order chi connectivity index (χ1) is 9.47. The van der Waals surface area contributed by atoms with Gasteiger partial charge in [0.25, 0.3) is 0 Å². The highest BCUT2D eigenvalue weighted by Crippen LogP contribution is 2.28. The van der Waals surface area contributed by atoms with E-state index >= 15 is 0 Å². The number of carbonyl (C=O) groups is 1. The summed E-state index contributed by atoms with van der Waals surface area (Å²) in [4.78, 5) is 11.5. The molecule has 0 heterocycles. The van der Waals surface area contributed by atoms with Crippen LogP contribution < -0.4 is 11.1 Å². The molecule has 1 atom stereocenters. The lowest BCUT2D eigenvalue weighted by Crippen LogP contribution is -2.27. The van der Waals surface area contributed by atoms with Crippen molar-refractivity contribution in [1.29, 1.82) is 0 Å². The molecule has 1 unspecified atom stereocenters. The second kappa shape index (κ2) is 5.79. The Bertz CT molecular complexity index is 632. The molecule has 6 heteroatoms. The van der Waals surface area contributed by atoms with E-state index in [2.05, 4.69) is 5.32 Å². The highest BCUT2D eigenvalue weighted by molar-refractivity contribution is 6.32. The van der Waals surface area contributed by atoms with Crippen LogP contribution in [0.4, 0.5) is 10.1 Å². The van der Waals surface area contributed by atoms with E-state index in [9.17, 15) is 14.3 Å². The van der Waals surface area contributed by atoms with E-state index in [4.69, 9.17) is 17.3 Å². The molecule has 2 rings (SSSR count). The van der Waals surface area contributed by atoms with Crippen LogP contribution in [0.15, 0.2) is 42.5 Å². The van der Waals surface area contributed by atoms with Gasteiger partial charge in [0.05, 0.1) is 5.02 Å². The van der Waals surface area contributed by atoms with E-state index in [1.54, 1.807) is 0 Å². The number of hydrogen-bond acceptors (Lipinski definition) is 3. The first kappa shape index (κ1) is 14.1. The number of hydrogen-bond donors (Lipinski definition) is 3. The molecule has 104 valence electrons. The summed E-state index contributed by atoms with van der Waals surface area (Å²) in [6.07, 6.45) is 0. The van der Waals surface area contributed by atoms with Crippen molar-refractivity contribution in [1.82, 2.24) is 0 Å². The molecule has 1 amide bonds. The normalized spacial score (nSPS) is 11.9. The lowest BCUT2D eigenvalue weighted by atomic mass is 10.1. The van der Waals surface area contributed by atoms with Gasteiger partial charge in [0.15, 0.2) is 0 Å². The van der Waals surface area contributed by atoms with Crippen LogP contribution in [-0.2, 0) is 4.79 Å². The standard InChI is InChI=1S/C14H12ClFN2O2/c15-11-7-8(1-6-12(11)19)13(14(17)20)18-10-4-2-9(16)3-5-10/h1-7,13,18-19H,(H2,17,20). The predicted molar refractivity (Wildman–Crippen MR) is 75.1 cm³/mol. The molecule has 0 aromatic heterocycles. The third-order valence-corrected chi connectivity index (χ3v) is 3.05.